The largest absolute Gasteiger partial charge is 0.499 e. The van der Waals surface area contributed by atoms with Gasteiger partial charge in [-0.15, -0.1) is 0 Å². The van der Waals surface area contributed by atoms with Crippen molar-refractivity contribution < 1.29 is 126 Å². The Kier molecular flexibility index (Phi) is 14.2. The zero-order valence-corrected chi connectivity index (χ0v) is 41.1. The molecule has 0 radical (unpaired) electrons. The van der Waals surface area contributed by atoms with E-state index >= 15 is 35.1 Å². The molecule has 1 heterocycles. The topological polar surface area (TPSA) is 146 Å². The Balaban J connectivity index is 2.02. The fourth-order valence-electron chi connectivity index (χ4n) is 7.51. The number of alkyl halides is 12. The Hall–Kier alpha value is -4.92. The van der Waals surface area contributed by atoms with Crippen LogP contribution in [-0.2, 0) is 55.6 Å². The maximum absolute atomic E-state index is 16.5. The molecule has 74 heavy (non-hydrogen) atoms. The summed E-state index contributed by atoms with van der Waals surface area (Å²) < 4.78 is 389. The van der Waals surface area contributed by atoms with Gasteiger partial charge in [-0.2, -0.15) is 52.7 Å². The van der Waals surface area contributed by atoms with Crippen LogP contribution < -0.4 is 4.74 Å². The van der Waals surface area contributed by atoms with Crippen LogP contribution in [0.15, 0.2) is 24.3 Å². The highest BCUT2D eigenvalue weighted by atomic mass is 32.3. The van der Waals surface area contributed by atoms with Gasteiger partial charge in [-0.3, -0.25) is 0 Å². The molecule has 0 N–H and O–H groups in total. The van der Waals surface area contributed by atoms with Crippen LogP contribution in [-0.4, -0.2) is 55.7 Å². The molecule has 0 spiro atoms. The first-order chi connectivity index (χ1) is 32.7. The summed E-state index contributed by atoms with van der Waals surface area (Å²) in [6.07, 6.45) is 0. The van der Waals surface area contributed by atoms with Crippen molar-refractivity contribution in [2.24, 2.45) is 0 Å². The minimum Gasteiger partial charge on any atom is -0.455 e. The van der Waals surface area contributed by atoms with Crippen LogP contribution in [0, 0.1) is 46.5 Å². The lowest BCUT2D eigenvalue weighted by Gasteiger charge is -2.39. The van der Waals surface area contributed by atoms with Gasteiger partial charge in [-0.25, -0.2) is 68.8 Å². The maximum atomic E-state index is 16.5. The minimum absolute atomic E-state index is 0.201. The van der Waals surface area contributed by atoms with Crippen molar-refractivity contribution in [2.45, 2.75) is 103 Å². The zero-order chi connectivity index (χ0) is 57.7. The molecular formula is C41H30F20O9S4. The van der Waals surface area contributed by atoms with E-state index in [-0.39, 0.29) is 11.1 Å². The summed E-state index contributed by atoms with van der Waals surface area (Å²) in [4.78, 5) is 0. The second-order valence-electron chi connectivity index (χ2n) is 18.7. The van der Waals surface area contributed by atoms with E-state index in [0.29, 0.717) is 12.1 Å². The molecule has 5 rings (SSSR count). The molecule has 0 bridgehead atoms. The Labute approximate surface area is 405 Å². The van der Waals surface area contributed by atoms with Crippen molar-refractivity contribution >= 4 is 39.3 Å². The van der Waals surface area contributed by atoms with Gasteiger partial charge in [0.2, 0.25) is 9.16 Å². The van der Waals surface area contributed by atoms with Gasteiger partial charge >= 0.3 is 22.0 Å². The molecule has 33 heteroatoms. The normalized spacial score (nSPS) is 15.4. The smallest absolute Gasteiger partial charge is 0.455 e. The Bertz CT molecular complexity index is 3140. The highest BCUT2D eigenvalue weighted by molar-refractivity contribution is 8.09. The molecule has 0 aromatic heterocycles. The first-order valence-corrected chi connectivity index (χ1v) is 25.9. The molecule has 1 aliphatic heterocycles. The highest BCUT2D eigenvalue weighted by Crippen LogP contribution is 2.59. The Morgan fingerprint density at radius 1 is 0.392 bits per heavy atom. The molecule has 0 atom stereocenters. The van der Waals surface area contributed by atoms with Crippen molar-refractivity contribution in [2.75, 3.05) is 0 Å². The number of fused-ring (bicyclic) bond motifs is 2. The average molecular weight is 1170 g/mol. The SMILES string of the molecule is CC(C)(C)c1cc(-c2c(F)c(F)c(C(S(=O)(=O)C(F)(F)F)S(=O)(=O)C(F)(F)F)c(F)c2F)c2c(c1)C(C)(C)c1cc(C(C)(C)C)cc(-c3c(F)c(F)c(C(S(=O)(=O)C(F)(F)F)S(=O)(=O)C(F)(F)F)c(F)c3F)c1O2. The van der Waals surface area contributed by atoms with Gasteiger partial charge in [0.05, 0.1) is 22.3 Å². The molecule has 4 aromatic carbocycles. The summed E-state index contributed by atoms with van der Waals surface area (Å²) in [7, 11) is -32.4. The monoisotopic (exact) mass is 1170 g/mol. The van der Waals surface area contributed by atoms with Crippen molar-refractivity contribution in [3.8, 4) is 33.8 Å². The fraction of sp³-hybridized carbons (Fsp3) is 0.415. The third-order valence-electron chi connectivity index (χ3n) is 11.5. The van der Waals surface area contributed by atoms with E-state index in [4.69, 9.17) is 4.74 Å². The van der Waals surface area contributed by atoms with Crippen LogP contribution in [0.1, 0.15) is 97.9 Å². The van der Waals surface area contributed by atoms with E-state index in [1.807, 2.05) is 0 Å². The van der Waals surface area contributed by atoms with E-state index in [2.05, 4.69) is 0 Å². The predicted octanol–water partition coefficient (Wildman–Crippen LogP) is 12.9. The van der Waals surface area contributed by atoms with Crippen molar-refractivity contribution in [1.29, 1.82) is 0 Å². The molecule has 0 saturated carbocycles. The molecule has 0 amide bonds. The van der Waals surface area contributed by atoms with Crippen LogP contribution >= 0.6 is 0 Å². The molecule has 412 valence electrons. The third kappa shape index (κ3) is 9.13. The summed E-state index contributed by atoms with van der Waals surface area (Å²) in [5.41, 5.74) is -49.2. The summed E-state index contributed by atoms with van der Waals surface area (Å²) >= 11 is 0. The van der Waals surface area contributed by atoms with Crippen LogP contribution in [0.2, 0.25) is 0 Å². The number of hydrogen-bond acceptors (Lipinski definition) is 9. The second-order valence-corrected chi connectivity index (χ2v) is 27.4. The van der Waals surface area contributed by atoms with Gasteiger partial charge in [0.1, 0.15) is 11.5 Å². The molecule has 0 unspecified atom stereocenters. The van der Waals surface area contributed by atoms with Gasteiger partial charge in [-0.1, -0.05) is 67.5 Å². The lowest BCUT2D eigenvalue weighted by Crippen LogP contribution is -2.40. The number of benzene rings is 4. The number of sulfone groups is 4. The van der Waals surface area contributed by atoms with Crippen LogP contribution in [0.3, 0.4) is 0 Å². The van der Waals surface area contributed by atoms with Crippen molar-refractivity contribution in [1.82, 2.24) is 0 Å². The van der Waals surface area contributed by atoms with Crippen molar-refractivity contribution in [3.05, 3.63) is 104 Å². The lowest BCUT2D eigenvalue weighted by atomic mass is 9.70. The van der Waals surface area contributed by atoms with E-state index in [9.17, 15) is 86.4 Å². The van der Waals surface area contributed by atoms with Crippen LogP contribution in [0.4, 0.5) is 87.8 Å². The molecule has 0 saturated heterocycles. The predicted molar refractivity (Wildman–Crippen MR) is 218 cm³/mol. The maximum Gasteiger partial charge on any atom is 0.499 e. The number of halogens is 20. The van der Waals surface area contributed by atoms with E-state index in [1.165, 1.54) is 41.5 Å². The standard InChI is InChI=1S/C41H30F20O9S4/c1-35(2,3)13-9-15(19-23(42)27(46)21(28(47)24(19)43)33(71(62,63)38(50,51)52)72(64,65)39(53,54)55)31-17(11-13)37(7,8)18-12-14(36(4,5)6)10-16(32(18)70-31)20-25(44)29(48)22(30(49)26(20)45)34(73(66,67)40(56,57)58)74(68,69)41(59,60)61/h9-12,33-34H,1-8H3. The first-order valence-electron chi connectivity index (χ1n) is 19.7. The third-order valence-corrected chi connectivity index (χ3v) is 20.3. The van der Waals surface area contributed by atoms with Crippen molar-refractivity contribution in [3.63, 3.8) is 0 Å². The molecule has 0 aliphatic carbocycles. The molecule has 4 aromatic rings. The summed E-state index contributed by atoms with van der Waals surface area (Å²) in [6, 6.07) is 3.28. The quantitative estimate of drug-likeness (QED) is 0.124. The lowest BCUT2D eigenvalue weighted by molar-refractivity contribution is -0.0484. The number of rotatable bonds is 8. The Morgan fingerprint density at radius 3 is 0.797 bits per heavy atom. The first kappa shape index (κ1) is 60.0. The van der Waals surface area contributed by atoms with Crippen LogP contribution in [0.25, 0.3) is 22.3 Å². The van der Waals surface area contributed by atoms with E-state index in [1.54, 1.807) is 0 Å². The molecular weight excluding hydrogens is 1140 g/mol. The minimum atomic E-state index is -8.09. The van der Waals surface area contributed by atoms with Crippen LogP contribution in [0.5, 0.6) is 11.5 Å². The van der Waals surface area contributed by atoms with Gasteiger partial charge in [0.15, 0.2) is 46.5 Å². The zero-order valence-electron chi connectivity index (χ0n) is 37.8. The Morgan fingerprint density at radius 2 is 0.608 bits per heavy atom. The molecule has 0 fully saturated rings. The van der Waals surface area contributed by atoms with E-state index in [0.717, 1.165) is 26.0 Å². The molecule has 1 aliphatic rings. The summed E-state index contributed by atoms with van der Waals surface area (Å²) in [6.45, 7) is 10.3. The second kappa shape index (κ2) is 17.6. The summed E-state index contributed by atoms with van der Waals surface area (Å²) in [5, 5.41) is 0. The average Bonchev–Trinajstić information content (AvgIpc) is 3.20. The highest BCUT2D eigenvalue weighted by Gasteiger charge is 2.67. The number of hydrogen-bond donors (Lipinski definition) is 0. The van der Waals surface area contributed by atoms with Gasteiger partial charge < -0.3 is 4.74 Å². The van der Waals surface area contributed by atoms with E-state index < -0.39 is 189 Å². The number of ether oxygens (including phenoxy) is 1. The van der Waals surface area contributed by atoms with Gasteiger partial charge in [0.25, 0.3) is 39.3 Å². The fourth-order valence-corrected chi connectivity index (χ4v) is 14.5. The van der Waals surface area contributed by atoms with Gasteiger partial charge in [0, 0.05) is 27.7 Å². The molecule has 9 nitrogen and oxygen atoms in total. The summed E-state index contributed by atoms with van der Waals surface area (Å²) in [5.74, 6) is -29.2. The van der Waals surface area contributed by atoms with Gasteiger partial charge in [-0.05, 0) is 34.1 Å².